The molecule has 140 valence electrons. The molecule has 1 saturated carbocycles. The third-order valence-corrected chi connectivity index (χ3v) is 5.55. The van der Waals surface area contributed by atoms with E-state index < -0.39 is 17.7 Å². The molecule has 2 atom stereocenters. The van der Waals surface area contributed by atoms with Crippen LogP contribution in [-0.4, -0.2) is 23.1 Å². The number of nitrogens with zero attached hydrogens (tertiary/aromatic N) is 1. The van der Waals surface area contributed by atoms with Gasteiger partial charge in [-0.2, -0.15) is 0 Å². The second kappa shape index (κ2) is 6.39. The Morgan fingerprint density at radius 3 is 2.59 bits per heavy atom. The Labute approximate surface area is 158 Å². The van der Waals surface area contributed by atoms with E-state index in [0.29, 0.717) is 6.42 Å². The number of fused-ring (bicyclic) bond motifs is 1. The van der Waals surface area contributed by atoms with Gasteiger partial charge in [-0.1, -0.05) is 42.5 Å². The van der Waals surface area contributed by atoms with Crippen LogP contribution in [0.25, 0.3) is 0 Å². The van der Waals surface area contributed by atoms with Crippen LogP contribution in [0.2, 0.25) is 0 Å². The normalized spacial score (nSPS) is 21.3. The van der Waals surface area contributed by atoms with E-state index in [1.807, 2.05) is 55.5 Å². The summed E-state index contributed by atoms with van der Waals surface area (Å²) in [5, 5.41) is 13.1. The number of nitrogens with two attached hydrogens (primary N) is 1. The van der Waals surface area contributed by atoms with Gasteiger partial charge in [0.05, 0.1) is 11.6 Å². The van der Waals surface area contributed by atoms with Crippen molar-refractivity contribution in [2.24, 2.45) is 5.73 Å². The highest BCUT2D eigenvalue weighted by Crippen LogP contribution is 2.47. The Balaban J connectivity index is 1.79. The molecule has 0 radical (unpaired) electrons. The molecule has 0 saturated heterocycles. The summed E-state index contributed by atoms with van der Waals surface area (Å²) in [6.45, 7) is 1.96. The monoisotopic (exact) mass is 365 g/mol. The lowest BCUT2D eigenvalue weighted by molar-refractivity contribution is -0.121. The predicted octanol–water partition coefficient (Wildman–Crippen LogP) is 2.36. The van der Waals surface area contributed by atoms with E-state index in [1.54, 1.807) is 4.90 Å². The smallest absolute Gasteiger partial charge is 0.312 e. The second-order valence-corrected chi connectivity index (χ2v) is 7.44. The summed E-state index contributed by atoms with van der Waals surface area (Å²) in [6, 6.07) is 13.9. The van der Waals surface area contributed by atoms with Gasteiger partial charge in [0.2, 0.25) is 0 Å². The Hall–Kier alpha value is -2.86. The van der Waals surface area contributed by atoms with E-state index in [0.717, 1.165) is 35.2 Å². The molecule has 2 aliphatic rings. The van der Waals surface area contributed by atoms with Gasteiger partial charge in [0, 0.05) is 12.1 Å². The highest BCUT2D eigenvalue weighted by molar-refractivity contribution is 6.02. The topological polar surface area (TPSA) is 95.7 Å². The van der Waals surface area contributed by atoms with Crippen LogP contribution in [0, 0.1) is 0 Å². The maximum Gasteiger partial charge on any atom is 0.312 e. The summed E-state index contributed by atoms with van der Waals surface area (Å²) in [7, 11) is 0. The minimum atomic E-state index is -0.776. The van der Waals surface area contributed by atoms with Crippen molar-refractivity contribution < 1.29 is 14.7 Å². The van der Waals surface area contributed by atoms with Crippen LogP contribution in [0.4, 0.5) is 10.5 Å². The molecule has 4 N–H and O–H groups in total. The summed E-state index contributed by atoms with van der Waals surface area (Å²) < 4.78 is 0. The van der Waals surface area contributed by atoms with E-state index in [1.165, 1.54) is 0 Å². The van der Waals surface area contributed by atoms with Gasteiger partial charge in [0.1, 0.15) is 6.04 Å². The fraction of sp³-hybridized carbons (Fsp3) is 0.333. The van der Waals surface area contributed by atoms with Crippen LogP contribution in [0.1, 0.15) is 42.5 Å². The molecule has 6 nitrogen and oxygen atoms in total. The number of amides is 3. The molecule has 0 unspecified atom stereocenters. The van der Waals surface area contributed by atoms with Crippen molar-refractivity contribution >= 4 is 17.6 Å². The number of nitrogens with one attached hydrogen (secondary N) is 1. The molecular formula is C21H23N3O3. The van der Waals surface area contributed by atoms with Gasteiger partial charge in [-0.25, -0.2) is 4.79 Å². The summed E-state index contributed by atoms with van der Waals surface area (Å²) in [6.07, 6.45) is 1.85. The Bertz CT molecular complexity index is 893. The zero-order valence-corrected chi connectivity index (χ0v) is 15.2. The first-order chi connectivity index (χ1) is 12.9. The van der Waals surface area contributed by atoms with Crippen LogP contribution in [0.5, 0.6) is 0 Å². The number of carbonyl (C=O) groups is 2. The lowest BCUT2D eigenvalue weighted by Crippen LogP contribution is -2.54. The summed E-state index contributed by atoms with van der Waals surface area (Å²) in [5.41, 5.74) is 8.06. The minimum Gasteiger partial charge on any atom is -0.385 e. The first kappa shape index (κ1) is 17.5. The zero-order chi connectivity index (χ0) is 19.2. The third-order valence-electron chi connectivity index (χ3n) is 5.55. The molecule has 0 bridgehead atoms. The fourth-order valence-corrected chi connectivity index (χ4v) is 3.82. The van der Waals surface area contributed by atoms with E-state index in [-0.39, 0.29) is 11.9 Å². The van der Waals surface area contributed by atoms with Crippen molar-refractivity contribution in [3.05, 3.63) is 65.2 Å². The van der Waals surface area contributed by atoms with Gasteiger partial charge in [-0.15, -0.1) is 0 Å². The number of hydrogen-bond donors (Lipinski definition) is 3. The number of rotatable bonds is 4. The van der Waals surface area contributed by atoms with Crippen molar-refractivity contribution in [3.8, 4) is 0 Å². The molecule has 6 heteroatoms. The molecule has 3 amide bonds. The predicted molar refractivity (Wildman–Crippen MR) is 102 cm³/mol. The lowest BCUT2D eigenvalue weighted by atomic mass is 9.91. The van der Waals surface area contributed by atoms with Gasteiger partial charge < -0.3 is 21.1 Å². The Morgan fingerprint density at radius 1 is 1.26 bits per heavy atom. The van der Waals surface area contributed by atoms with Gasteiger partial charge in [0.25, 0.3) is 5.91 Å². The van der Waals surface area contributed by atoms with Crippen molar-refractivity contribution in [2.75, 3.05) is 4.90 Å². The van der Waals surface area contributed by atoms with E-state index in [9.17, 15) is 14.7 Å². The number of carbonyl (C=O) groups excluding carboxylic acids is 2. The average Bonchev–Trinajstić information content (AvgIpc) is 3.41. The van der Waals surface area contributed by atoms with Gasteiger partial charge >= 0.3 is 6.03 Å². The molecule has 1 heterocycles. The highest BCUT2D eigenvalue weighted by atomic mass is 16.3. The minimum absolute atomic E-state index is 0.197. The van der Waals surface area contributed by atoms with Gasteiger partial charge in [-0.05, 0) is 42.5 Å². The largest absolute Gasteiger partial charge is 0.385 e. The molecule has 27 heavy (non-hydrogen) atoms. The highest BCUT2D eigenvalue weighted by Gasteiger charge is 2.44. The number of urea groups is 1. The maximum atomic E-state index is 13.2. The van der Waals surface area contributed by atoms with Crippen LogP contribution in [0.3, 0.4) is 0 Å². The Morgan fingerprint density at radius 2 is 1.96 bits per heavy atom. The van der Waals surface area contributed by atoms with Gasteiger partial charge in [0.15, 0.2) is 0 Å². The SMILES string of the molecule is C[C@@H](c1ccccc1)N1C(=O)[C@H](NC(N)=O)Cc2ccc(C3(O)CC3)cc21. The van der Waals surface area contributed by atoms with Crippen LogP contribution >= 0.6 is 0 Å². The molecule has 1 aliphatic heterocycles. The van der Waals surface area contributed by atoms with Crippen molar-refractivity contribution in [1.29, 1.82) is 0 Å². The van der Waals surface area contributed by atoms with E-state index >= 15 is 0 Å². The molecular weight excluding hydrogens is 342 g/mol. The molecule has 2 aromatic rings. The first-order valence-corrected chi connectivity index (χ1v) is 9.19. The zero-order valence-electron chi connectivity index (χ0n) is 15.2. The standard InChI is InChI=1S/C21H23N3O3/c1-13(14-5-3-2-4-6-14)24-18-12-16(21(27)9-10-21)8-7-15(18)11-17(19(24)25)23-20(22)26/h2-8,12-13,17,27H,9-11H2,1H3,(H3,22,23,26)/t13-,17+/m0/s1. The van der Waals surface area contributed by atoms with Gasteiger partial charge in [-0.3, -0.25) is 4.79 Å². The van der Waals surface area contributed by atoms with Crippen LogP contribution in [-0.2, 0) is 16.8 Å². The quantitative estimate of drug-likeness (QED) is 0.776. The third kappa shape index (κ3) is 3.17. The lowest BCUT2D eigenvalue weighted by Gasteiger charge is -2.38. The molecule has 0 aromatic heterocycles. The second-order valence-electron chi connectivity index (χ2n) is 7.44. The van der Waals surface area contributed by atoms with Crippen molar-refractivity contribution in [1.82, 2.24) is 5.32 Å². The Kier molecular flexibility index (Phi) is 4.15. The number of aliphatic hydroxyl groups is 1. The number of primary amides is 1. The summed E-state index contributed by atoms with van der Waals surface area (Å²) in [5.74, 6) is -0.197. The molecule has 2 aromatic carbocycles. The number of benzene rings is 2. The number of anilines is 1. The molecule has 1 fully saturated rings. The number of hydrogen-bond acceptors (Lipinski definition) is 3. The van der Waals surface area contributed by atoms with Crippen LogP contribution < -0.4 is 16.0 Å². The van der Waals surface area contributed by atoms with Crippen molar-refractivity contribution in [3.63, 3.8) is 0 Å². The fourth-order valence-electron chi connectivity index (χ4n) is 3.82. The molecule has 4 rings (SSSR count). The van der Waals surface area contributed by atoms with Crippen molar-refractivity contribution in [2.45, 2.75) is 43.9 Å². The summed E-state index contributed by atoms with van der Waals surface area (Å²) in [4.78, 5) is 26.3. The van der Waals surface area contributed by atoms with E-state index in [4.69, 9.17) is 5.73 Å². The van der Waals surface area contributed by atoms with E-state index in [2.05, 4.69) is 5.32 Å². The first-order valence-electron chi connectivity index (χ1n) is 9.19. The summed E-state index contributed by atoms with van der Waals surface area (Å²) >= 11 is 0. The van der Waals surface area contributed by atoms with Crippen LogP contribution in [0.15, 0.2) is 48.5 Å². The molecule has 1 aliphatic carbocycles. The molecule has 0 spiro atoms. The maximum absolute atomic E-state index is 13.2. The average molecular weight is 365 g/mol.